The molecule has 0 bridgehead atoms. The summed E-state index contributed by atoms with van der Waals surface area (Å²) in [6, 6.07) is 12.3. The Morgan fingerprint density at radius 1 is 1.14 bits per heavy atom. The topological polar surface area (TPSA) is 29.1 Å². The lowest BCUT2D eigenvalue weighted by Crippen LogP contribution is -2.28. The van der Waals surface area contributed by atoms with Crippen LogP contribution in [-0.2, 0) is 4.79 Å². The lowest BCUT2D eigenvalue weighted by atomic mass is 10.1. The number of hydrogen-bond acceptors (Lipinski definition) is 2. The van der Waals surface area contributed by atoms with Crippen LogP contribution in [0.4, 0.5) is 4.39 Å². The van der Waals surface area contributed by atoms with Crippen molar-refractivity contribution in [3.63, 3.8) is 0 Å². The first-order chi connectivity index (χ1) is 10.5. The minimum Gasteiger partial charge on any atom is -0.349 e. The molecule has 0 heterocycles. The molecule has 0 unspecified atom stereocenters. The zero-order valence-corrected chi connectivity index (χ0v) is 13.8. The molecule has 22 heavy (non-hydrogen) atoms. The normalized spacial score (nSPS) is 12.0. The molecule has 116 valence electrons. The number of nitrogens with one attached hydrogen (secondary N) is 1. The number of rotatable bonds is 5. The third kappa shape index (κ3) is 4.60. The Morgan fingerprint density at radius 3 is 2.45 bits per heavy atom. The van der Waals surface area contributed by atoms with E-state index in [9.17, 15) is 9.18 Å². The van der Waals surface area contributed by atoms with E-state index in [2.05, 4.69) is 31.3 Å². The Hall–Kier alpha value is -1.81. The molecule has 1 amide bonds. The van der Waals surface area contributed by atoms with Crippen LogP contribution < -0.4 is 5.32 Å². The van der Waals surface area contributed by atoms with E-state index < -0.39 is 0 Å². The first-order valence-corrected chi connectivity index (χ1v) is 8.19. The summed E-state index contributed by atoms with van der Waals surface area (Å²) >= 11 is 1.52. The minimum atomic E-state index is -0.271. The predicted octanol–water partition coefficient (Wildman–Crippen LogP) is 4.41. The van der Waals surface area contributed by atoms with Crippen LogP contribution in [-0.4, -0.2) is 11.7 Å². The van der Waals surface area contributed by atoms with Crippen LogP contribution in [0.15, 0.2) is 47.4 Å². The molecule has 0 saturated carbocycles. The summed E-state index contributed by atoms with van der Waals surface area (Å²) in [5.74, 6) is 0.0706. The highest BCUT2D eigenvalue weighted by Crippen LogP contribution is 2.21. The van der Waals surface area contributed by atoms with Crippen molar-refractivity contribution in [1.29, 1.82) is 0 Å². The predicted molar refractivity (Wildman–Crippen MR) is 89.6 cm³/mol. The number of aryl methyl sites for hydroxylation is 2. The zero-order chi connectivity index (χ0) is 16.1. The highest BCUT2D eigenvalue weighted by atomic mass is 32.2. The van der Waals surface area contributed by atoms with Gasteiger partial charge in [0.25, 0.3) is 0 Å². The van der Waals surface area contributed by atoms with Crippen molar-refractivity contribution >= 4 is 17.7 Å². The number of amides is 1. The Morgan fingerprint density at radius 2 is 1.82 bits per heavy atom. The molecule has 0 spiro atoms. The Balaban J connectivity index is 1.87. The van der Waals surface area contributed by atoms with Crippen molar-refractivity contribution < 1.29 is 9.18 Å². The molecular weight excluding hydrogens is 297 g/mol. The fourth-order valence-electron chi connectivity index (χ4n) is 2.07. The number of benzene rings is 2. The summed E-state index contributed by atoms with van der Waals surface area (Å²) in [6.45, 7) is 6.03. The first-order valence-electron chi connectivity index (χ1n) is 7.20. The maximum Gasteiger partial charge on any atom is 0.230 e. The lowest BCUT2D eigenvalue weighted by molar-refractivity contribution is -0.119. The standard InChI is InChI=1S/C18H20FNOS/c1-12-4-9-17(10-13(12)2)22-11-18(21)20-14(3)15-5-7-16(19)8-6-15/h4-10,14H,11H2,1-3H3,(H,20,21)/t14-/m1/s1. The SMILES string of the molecule is Cc1ccc(SCC(=O)N[C@H](C)c2ccc(F)cc2)cc1C. The molecule has 1 atom stereocenters. The van der Waals surface area contributed by atoms with Crippen molar-refractivity contribution in [2.24, 2.45) is 0 Å². The van der Waals surface area contributed by atoms with Crippen LogP contribution >= 0.6 is 11.8 Å². The van der Waals surface area contributed by atoms with Gasteiger partial charge in [0, 0.05) is 4.90 Å². The Labute approximate surface area is 135 Å². The fraction of sp³-hybridized carbons (Fsp3) is 0.278. The van der Waals surface area contributed by atoms with Gasteiger partial charge in [-0.2, -0.15) is 0 Å². The van der Waals surface area contributed by atoms with Gasteiger partial charge in [-0.05, 0) is 61.7 Å². The molecular formula is C18H20FNOS. The summed E-state index contributed by atoms with van der Waals surface area (Å²) in [7, 11) is 0. The number of halogens is 1. The van der Waals surface area contributed by atoms with Crippen LogP contribution in [0.25, 0.3) is 0 Å². The molecule has 0 aromatic heterocycles. The summed E-state index contributed by atoms with van der Waals surface area (Å²) in [6.07, 6.45) is 0. The third-order valence-corrected chi connectivity index (χ3v) is 4.59. The molecule has 0 fully saturated rings. The largest absolute Gasteiger partial charge is 0.349 e. The Bertz CT molecular complexity index is 655. The summed E-state index contributed by atoms with van der Waals surface area (Å²) < 4.78 is 12.9. The summed E-state index contributed by atoms with van der Waals surface area (Å²) in [5, 5.41) is 2.93. The Kier molecular flexibility index (Phi) is 5.61. The maximum atomic E-state index is 12.9. The van der Waals surface area contributed by atoms with E-state index in [0.29, 0.717) is 5.75 Å². The average molecular weight is 317 g/mol. The van der Waals surface area contributed by atoms with Crippen molar-refractivity contribution in [3.8, 4) is 0 Å². The van der Waals surface area contributed by atoms with Gasteiger partial charge in [0.15, 0.2) is 0 Å². The van der Waals surface area contributed by atoms with Crippen LogP contribution in [0, 0.1) is 19.7 Å². The van der Waals surface area contributed by atoms with E-state index in [4.69, 9.17) is 0 Å². The molecule has 1 N–H and O–H groups in total. The van der Waals surface area contributed by atoms with E-state index in [1.807, 2.05) is 13.0 Å². The molecule has 2 rings (SSSR count). The average Bonchev–Trinajstić information content (AvgIpc) is 2.49. The monoisotopic (exact) mass is 317 g/mol. The van der Waals surface area contributed by atoms with Crippen LogP contribution in [0.3, 0.4) is 0 Å². The molecule has 2 nitrogen and oxygen atoms in total. The van der Waals surface area contributed by atoms with Gasteiger partial charge in [-0.1, -0.05) is 18.2 Å². The maximum absolute atomic E-state index is 12.9. The van der Waals surface area contributed by atoms with Gasteiger partial charge in [0.2, 0.25) is 5.91 Å². The van der Waals surface area contributed by atoms with Crippen LogP contribution in [0.5, 0.6) is 0 Å². The van der Waals surface area contributed by atoms with Crippen molar-refractivity contribution in [2.45, 2.75) is 31.7 Å². The van der Waals surface area contributed by atoms with E-state index >= 15 is 0 Å². The number of carbonyl (C=O) groups is 1. The second kappa shape index (κ2) is 7.45. The van der Waals surface area contributed by atoms with Gasteiger partial charge in [0.05, 0.1) is 11.8 Å². The van der Waals surface area contributed by atoms with Crippen LogP contribution in [0.2, 0.25) is 0 Å². The fourth-order valence-corrected chi connectivity index (χ4v) is 2.88. The van der Waals surface area contributed by atoms with Crippen molar-refractivity contribution in [1.82, 2.24) is 5.32 Å². The quantitative estimate of drug-likeness (QED) is 0.828. The van der Waals surface area contributed by atoms with Crippen LogP contribution in [0.1, 0.15) is 29.7 Å². The molecule has 0 radical (unpaired) electrons. The second-order valence-corrected chi connectivity index (χ2v) is 6.42. The molecule has 0 saturated heterocycles. The minimum absolute atomic E-state index is 0.0277. The van der Waals surface area contributed by atoms with Gasteiger partial charge < -0.3 is 5.32 Å². The van der Waals surface area contributed by atoms with Gasteiger partial charge >= 0.3 is 0 Å². The molecule has 2 aromatic carbocycles. The highest BCUT2D eigenvalue weighted by Gasteiger charge is 2.10. The smallest absolute Gasteiger partial charge is 0.230 e. The van der Waals surface area contributed by atoms with Gasteiger partial charge in [-0.25, -0.2) is 4.39 Å². The first kappa shape index (κ1) is 16.6. The summed E-state index contributed by atoms with van der Waals surface area (Å²) in [4.78, 5) is 13.1. The highest BCUT2D eigenvalue weighted by molar-refractivity contribution is 8.00. The molecule has 0 aliphatic rings. The molecule has 2 aromatic rings. The van der Waals surface area contributed by atoms with E-state index in [-0.39, 0.29) is 17.8 Å². The summed E-state index contributed by atoms with van der Waals surface area (Å²) in [5.41, 5.74) is 3.37. The van der Waals surface area contributed by atoms with Gasteiger partial charge in [-0.15, -0.1) is 11.8 Å². The van der Waals surface area contributed by atoms with E-state index in [0.717, 1.165) is 10.5 Å². The third-order valence-electron chi connectivity index (χ3n) is 3.60. The molecule has 0 aliphatic heterocycles. The van der Waals surface area contributed by atoms with Gasteiger partial charge in [0.1, 0.15) is 5.82 Å². The molecule has 0 aliphatic carbocycles. The number of thioether (sulfide) groups is 1. The zero-order valence-electron chi connectivity index (χ0n) is 13.0. The lowest BCUT2D eigenvalue weighted by Gasteiger charge is -2.14. The van der Waals surface area contributed by atoms with Crippen molar-refractivity contribution in [3.05, 3.63) is 65.0 Å². The van der Waals surface area contributed by atoms with E-state index in [1.165, 1.54) is 35.0 Å². The second-order valence-electron chi connectivity index (χ2n) is 5.38. The number of carbonyl (C=O) groups excluding carboxylic acids is 1. The van der Waals surface area contributed by atoms with Gasteiger partial charge in [-0.3, -0.25) is 4.79 Å². The van der Waals surface area contributed by atoms with E-state index in [1.54, 1.807) is 12.1 Å². The van der Waals surface area contributed by atoms with Crippen molar-refractivity contribution in [2.75, 3.05) is 5.75 Å². The molecule has 4 heteroatoms. The number of hydrogen-bond donors (Lipinski definition) is 1.